The van der Waals surface area contributed by atoms with E-state index in [0.717, 1.165) is 38.4 Å². The molecule has 0 unspecified atom stereocenters. The summed E-state index contributed by atoms with van der Waals surface area (Å²) < 4.78 is 2.31. The number of likely N-dealkylation sites (tertiary alicyclic amines) is 1. The van der Waals surface area contributed by atoms with Crippen LogP contribution in [0.15, 0.2) is 59.6 Å². The summed E-state index contributed by atoms with van der Waals surface area (Å²) in [6.45, 7) is 7.12. The molecule has 1 aliphatic heterocycles. The van der Waals surface area contributed by atoms with Crippen molar-refractivity contribution in [2.75, 3.05) is 18.8 Å². The normalized spacial score (nSPS) is 15.3. The van der Waals surface area contributed by atoms with Gasteiger partial charge in [-0.25, -0.2) is 0 Å². The van der Waals surface area contributed by atoms with Crippen LogP contribution < -0.4 is 0 Å². The molecule has 1 saturated heterocycles. The number of nitrogens with zero attached hydrogens (tertiary/aromatic N) is 2. The third kappa shape index (κ3) is 4.12. The fourth-order valence-corrected chi connectivity index (χ4v) is 4.91. The molecule has 3 aromatic rings. The second kappa shape index (κ2) is 8.44. The van der Waals surface area contributed by atoms with Gasteiger partial charge >= 0.3 is 0 Å². The van der Waals surface area contributed by atoms with Gasteiger partial charge in [0.05, 0.1) is 5.75 Å². The fourth-order valence-electron chi connectivity index (χ4n) is 3.92. The van der Waals surface area contributed by atoms with Crippen LogP contribution in [-0.2, 0) is 11.3 Å². The number of carbonyl (C=O) groups excluding carboxylic acids is 1. The zero-order chi connectivity index (χ0) is 19.5. The smallest absolute Gasteiger partial charge is 0.232 e. The molecule has 0 bridgehead atoms. The molecular weight excluding hydrogens is 364 g/mol. The highest BCUT2D eigenvalue weighted by molar-refractivity contribution is 8.00. The molecule has 3 nitrogen and oxygen atoms in total. The fraction of sp³-hybridized carbons (Fsp3) is 0.375. The third-order valence-electron chi connectivity index (χ3n) is 5.84. The van der Waals surface area contributed by atoms with Crippen molar-refractivity contribution in [3.05, 3.63) is 65.9 Å². The number of fused-ring (bicyclic) bond motifs is 1. The van der Waals surface area contributed by atoms with E-state index in [9.17, 15) is 4.79 Å². The first-order valence-electron chi connectivity index (χ1n) is 10.1. The number of para-hydroxylation sites is 1. The minimum Gasteiger partial charge on any atom is -0.342 e. The van der Waals surface area contributed by atoms with E-state index in [2.05, 4.69) is 73.1 Å². The van der Waals surface area contributed by atoms with Crippen molar-refractivity contribution in [2.24, 2.45) is 5.92 Å². The summed E-state index contributed by atoms with van der Waals surface area (Å²) in [6.07, 6.45) is 4.48. The lowest BCUT2D eigenvalue weighted by atomic mass is 9.99. The van der Waals surface area contributed by atoms with Crippen LogP contribution in [0.2, 0.25) is 0 Å². The molecule has 2 aromatic carbocycles. The Morgan fingerprint density at radius 2 is 1.79 bits per heavy atom. The number of aromatic nitrogens is 1. The zero-order valence-corrected chi connectivity index (χ0v) is 17.5. The van der Waals surface area contributed by atoms with Gasteiger partial charge in [-0.3, -0.25) is 4.79 Å². The Bertz CT molecular complexity index is 970. The predicted molar refractivity (Wildman–Crippen MR) is 118 cm³/mol. The summed E-state index contributed by atoms with van der Waals surface area (Å²) in [7, 11) is 0. The topological polar surface area (TPSA) is 25.2 Å². The number of carbonyl (C=O) groups is 1. The van der Waals surface area contributed by atoms with Crippen LogP contribution in [0.3, 0.4) is 0 Å². The minimum absolute atomic E-state index is 0.271. The average Bonchev–Trinajstić information content (AvgIpc) is 3.06. The molecule has 0 N–H and O–H groups in total. The molecule has 1 aromatic heterocycles. The Hall–Kier alpha value is -2.20. The molecular formula is C24H28N2OS. The molecule has 0 atom stereocenters. The lowest BCUT2D eigenvalue weighted by molar-refractivity contribution is -0.129. The van der Waals surface area contributed by atoms with Gasteiger partial charge in [0.1, 0.15) is 0 Å². The number of aryl methyl sites for hydroxylation is 1. The number of amides is 1. The quantitative estimate of drug-likeness (QED) is 0.547. The van der Waals surface area contributed by atoms with Crippen molar-refractivity contribution in [1.29, 1.82) is 0 Å². The van der Waals surface area contributed by atoms with Gasteiger partial charge in [0.25, 0.3) is 0 Å². The largest absolute Gasteiger partial charge is 0.342 e. The second-order valence-corrected chi connectivity index (χ2v) is 8.93. The van der Waals surface area contributed by atoms with Crippen molar-refractivity contribution >= 4 is 28.6 Å². The standard InChI is InChI=1S/C24H28N2OS/c1-18-11-13-25(14-12-18)24(27)17-28-23-16-26(22-10-6-5-9-21(22)23)15-20-8-4-3-7-19(20)2/h3-10,16,18H,11-15,17H2,1-2H3. The summed E-state index contributed by atoms with van der Waals surface area (Å²) in [5.41, 5.74) is 3.87. The lowest BCUT2D eigenvalue weighted by Gasteiger charge is -2.30. The number of hydrogen-bond donors (Lipinski definition) is 0. The maximum Gasteiger partial charge on any atom is 0.232 e. The predicted octanol–water partition coefficient (Wildman–Crippen LogP) is 5.35. The van der Waals surface area contributed by atoms with Crippen LogP contribution >= 0.6 is 11.8 Å². The number of benzene rings is 2. The maximum absolute atomic E-state index is 12.7. The Morgan fingerprint density at radius 1 is 1.07 bits per heavy atom. The first kappa shape index (κ1) is 19.1. The summed E-state index contributed by atoms with van der Waals surface area (Å²) in [5.74, 6) is 1.54. The van der Waals surface area contributed by atoms with Gasteiger partial charge in [-0.1, -0.05) is 49.4 Å². The maximum atomic E-state index is 12.7. The van der Waals surface area contributed by atoms with Crippen LogP contribution in [-0.4, -0.2) is 34.2 Å². The Kier molecular flexibility index (Phi) is 5.77. The van der Waals surface area contributed by atoms with Crippen molar-refractivity contribution in [2.45, 2.75) is 38.1 Å². The summed E-state index contributed by atoms with van der Waals surface area (Å²) in [5, 5.41) is 1.24. The van der Waals surface area contributed by atoms with Gasteiger partial charge in [0.2, 0.25) is 5.91 Å². The van der Waals surface area contributed by atoms with Crippen molar-refractivity contribution in [1.82, 2.24) is 9.47 Å². The third-order valence-corrected chi connectivity index (χ3v) is 6.87. The van der Waals surface area contributed by atoms with E-state index in [1.54, 1.807) is 11.8 Å². The van der Waals surface area contributed by atoms with Crippen LogP contribution in [0.5, 0.6) is 0 Å². The lowest BCUT2D eigenvalue weighted by Crippen LogP contribution is -2.38. The molecule has 0 aliphatic carbocycles. The van der Waals surface area contributed by atoms with E-state index in [0.29, 0.717) is 5.75 Å². The zero-order valence-electron chi connectivity index (χ0n) is 16.7. The minimum atomic E-state index is 0.271. The van der Waals surface area contributed by atoms with E-state index >= 15 is 0 Å². The number of thioether (sulfide) groups is 1. The summed E-state index contributed by atoms with van der Waals surface area (Å²) in [6, 6.07) is 17.0. The van der Waals surface area contributed by atoms with E-state index < -0.39 is 0 Å². The molecule has 0 radical (unpaired) electrons. The number of rotatable bonds is 5. The van der Waals surface area contributed by atoms with E-state index in [1.807, 2.05) is 4.90 Å². The van der Waals surface area contributed by atoms with Gasteiger partial charge in [-0.05, 0) is 42.9 Å². The first-order chi connectivity index (χ1) is 13.6. The molecule has 146 valence electrons. The Labute approximate surface area is 171 Å². The molecule has 1 fully saturated rings. The molecule has 1 aliphatic rings. The molecule has 2 heterocycles. The van der Waals surface area contributed by atoms with E-state index in [-0.39, 0.29) is 5.91 Å². The highest BCUT2D eigenvalue weighted by Gasteiger charge is 2.20. The highest BCUT2D eigenvalue weighted by atomic mass is 32.2. The van der Waals surface area contributed by atoms with E-state index in [1.165, 1.54) is 26.9 Å². The van der Waals surface area contributed by atoms with Crippen LogP contribution in [0.25, 0.3) is 10.9 Å². The van der Waals surface area contributed by atoms with Gasteiger partial charge in [-0.15, -0.1) is 11.8 Å². The average molecular weight is 393 g/mol. The Morgan fingerprint density at radius 3 is 2.57 bits per heavy atom. The van der Waals surface area contributed by atoms with Gasteiger partial charge in [0.15, 0.2) is 0 Å². The SMILES string of the molecule is Cc1ccccc1Cn1cc(SCC(=O)N2CCC(C)CC2)c2ccccc21. The van der Waals surface area contributed by atoms with E-state index in [4.69, 9.17) is 0 Å². The van der Waals surface area contributed by atoms with Gasteiger partial charge in [0, 0.05) is 41.6 Å². The molecule has 4 rings (SSSR count). The van der Waals surface area contributed by atoms with Crippen molar-refractivity contribution in [3.63, 3.8) is 0 Å². The summed E-state index contributed by atoms with van der Waals surface area (Å²) >= 11 is 1.68. The van der Waals surface area contributed by atoms with Crippen molar-refractivity contribution < 1.29 is 4.79 Å². The number of hydrogen-bond acceptors (Lipinski definition) is 2. The van der Waals surface area contributed by atoms with Crippen LogP contribution in [0.4, 0.5) is 0 Å². The van der Waals surface area contributed by atoms with Gasteiger partial charge < -0.3 is 9.47 Å². The van der Waals surface area contributed by atoms with Crippen LogP contribution in [0.1, 0.15) is 30.9 Å². The Balaban J connectivity index is 1.51. The summed E-state index contributed by atoms with van der Waals surface area (Å²) in [4.78, 5) is 15.9. The molecule has 0 spiro atoms. The highest BCUT2D eigenvalue weighted by Crippen LogP contribution is 2.31. The molecule has 0 saturated carbocycles. The van der Waals surface area contributed by atoms with Crippen molar-refractivity contribution in [3.8, 4) is 0 Å². The molecule has 28 heavy (non-hydrogen) atoms. The second-order valence-electron chi connectivity index (χ2n) is 7.92. The molecule has 4 heteroatoms. The number of piperidine rings is 1. The monoisotopic (exact) mass is 392 g/mol. The molecule has 1 amide bonds. The van der Waals surface area contributed by atoms with Crippen LogP contribution in [0, 0.1) is 12.8 Å². The van der Waals surface area contributed by atoms with Gasteiger partial charge in [-0.2, -0.15) is 0 Å². The first-order valence-corrected chi connectivity index (χ1v) is 11.1.